The summed E-state index contributed by atoms with van der Waals surface area (Å²) in [5.41, 5.74) is 4.63. The van der Waals surface area contributed by atoms with Crippen molar-refractivity contribution in [1.82, 2.24) is 14.5 Å². The average Bonchev–Trinajstić information content (AvgIpc) is 3.08. The molecule has 0 spiro atoms. The van der Waals surface area contributed by atoms with E-state index < -0.39 is 0 Å². The molecular formula is C20H17ClN4O. The number of halogens is 1. The van der Waals surface area contributed by atoms with Crippen LogP contribution in [0.4, 0.5) is 11.4 Å². The quantitative estimate of drug-likeness (QED) is 0.545. The van der Waals surface area contributed by atoms with E-state index in [1.54, 1.807) is 19.6 Å². The van der Waals surface area contributed by atoms with Gasteiger partial charge in [-0.2, -0.15) is 0 Å². The molecule has 2 aromatic heterocycles. The normalized spacial score (nSPS) is 10.9. The highest BCUT2D eigenvalue weighted by Gasteiger charge is 2.07. The van der Waals surface area contributed by atoms with Crippen molar-refractivity contribution in [3.63, 3.8) is 0 Å². The van der Waals surface area contributed by atoms with Crippen molar-refractivity contribution in [3.05, 3.63) is 71.9 Å². The van der Waals surface area contributed by atoms with Crippen LogP contribution in [-0.4, -0.2) is 21.6 Å². The zero-order valence-corrected chi connectivity index (χ0v) is 15.2. The first-order chi connectivity index (χ1) is 12.6. The molecule has 0 amide bonds. The third-order valence-electron chi connectivity index (χ3n) is 4.12. The van der Waals surface area contributed by atoms with Crippen LogP contribution in [0.2, 0.25) is 5.02 Å². The number of aromatic nitrogens is 3. The Morgan fingerprint density at radius 3 is 2.73 bits per heavy atom. The number of imidazole rings is 1. The SMILES string of the molecule is COc1cc(Nc2ccnc3cc(Cl)ccc23)cc(-n2cnc(C)c2)c1. The van der Waals surface area contributed by atoms with E-state index in [9.17, 15) is 0 Å². The Hall–Kier alpha value is -3.05. The monoisotopic (exact) mass is 364 g/mol. The van der Waals surface area contributed by atoms with Gasteiger partial charge in [0, 0.05) is 46.3 Å². The molecule has 4 aromatic rings. The highest BCUT2D eigenvalue weighted by atomic mass is 35.5. The summed E-state index contributed by atoms with van der Waals surface area (Å²) in [5, 5.41) is 5.13. The van der Waals surface area contributed by atoms with Crippen LogP contribution in [0.25, 0.3) is 16.6 Å². The zero-order chi connectivity index (χ0) is 18.1. The van der Waals surface area contributed by atoms with Crippen LogP contribution in [0.3, 0.4) is 0 Å². The van der Waals surface area contributed by atoms with Gasteiger partial charge < -0.3 is 14.6 Å². The van der Waals surface area contributed by atoms with Gasteiger partial charge in [0.2, 0.25) is 0 Å². The largest absolute Gasteiger partial charge is 0.497 e. The van der Waals surface area contributed by atoms with Gasteiger partial charge in [0.15, 0.2) is 0 Å². The lowest BCUT2D eigenvalue weighted by Gasteiger charge is -2.13. The molecule has 0 atom stereocenters. The smallest absolute Gasteiger partial charge is 0.123 e. The second kappa shape index (κ2) is 6.69. The summed E-state index contributed by atoms with van der Waals surface area (Å²) in [6, 6.07) is 13.6. The van der Waals surface area contributed by atoms with E-state index in [0.717, 1.165) is 39.4 Å². The fourth-order valence-corrected chi connectivity index (χ4v) is 3.04. The average molecular weight is 365 g/mol. The van der Waals surface area contributed by atoms with Crippen molar-refractivity contribution in [2.45, 2.75) is 6.92 Å². The van der Waals surface area contributed by atoms with Crippen molar-refractivity contribution in [2.75, 3.05) is 12.4 Å². The molecule has 0 bridgehead atoms. The van der Waals surface area contributed by atoms with E-state index in [1.165, 1.54) is 0 Å². The maximum absolute atomic E-state index is 6.08. The maximum atomic E-state index is 6.08. The molecule has 0 aliphatic rings. The van der Waals surface area contributed by atoms with Crippen LogP contribution < -0.4 is 10.1 Å². The molecule has 0 saturated heterocycles. The first-order valence-corrected chi connectivity index (χ1v) is 8.51. The second-order valence-corrected chi connectivity index (χ2v) is 6.42. The summed E-state index contributed by atoms with van der Waals surface area (Å²) in [4.78, 5) is 8.68. The standard InChI is InChI=1S/C20H17ClN4O/c1-13-11-25(12-23-13)16-8-15(9-17(10-16)26-2)24-19-5-6-22-20-7-14(21)3-4-18(19)20/h3-12H,1-2H3,(H,22,24). The number of anilines is 2. The molecule has 0 aliphatic carbocycles. The van der Waals surface area contributed by atoms with Gasteiger partial charge in [-0.15, -0.1) is 0 Å². The first-order valence-electron chi connectivity index (χ1n) is 8.14. The molecule has 4 rings (SSSR count). The summed E-state index contributed by atoms with van der Waals surface area (Å²) in [6.07, 6.45) is 5.53. The summed E-state index contributed by atoms with van der Waals surface area (Å²) in [7, 11) is 1.66. The minimum Gasteiger partial charge on any atom is -0.497 e. The van der Waals surface area contributed by atoms with Crippen LogP contribution >= 0.6 is 11.6 Å². The molecule has 26 heavy (non-hydrogen) atoms. The molecule has 2 heterocycles. The van der Waals surface area contributed by atoms with E-state index in [2.05, 4.69) is 15.3 Å². The van der Waals surface area contributed by atoms with Gasteiger partial charge in [0.05, 0.1) is 30.3 Å². The number of aryl methyl sites for hydroxylation is 1. The van der Waals surface area contributed by atoms with Crippen LogP contribution in [0.1, 0.15) is 5.69 Å². The van der Waals surface area contributed by atoms with Crippen LogP contribution in [0, 0.1) is 6.92 Å². The summed E-state index contributed by atoms with van der Waals surface area (Å²) < 4.78 is 7.43. The van der Waals surface area contributed by atoms with Gasteiger partial charge in [-0.05, 0) is 37.3 Å². The van der Waals surface area contributed by atoms with Gasteiger partial charge in [-0.3, -0.25) is 4.98 Å². The Morgan fingerprint density at radius 2 is 1.96 bits per heavy atom. The minimum atomic E-state index is 0.668. The second-order valence-electron chi connectivity index (χ2n) is 5.99. The van der Waals surface area contributed by atoms with Gasteiger partial charge in [0.1, 0.15) is 5.75 Å². The number of pyridine rings is 1. The summed E-state index contributed by atoms with van der Waals surface area (Å²) >= 11 is 6.08. The number of fused-ring (bicyclic) bond motifs is 1. The molecular weight excluding hydrogens is 348 g/mol. The highest BCUT2D eigenvalue weighted by molar-refractivity contribution is 6.31. The number of benzene rings is 2. The lowest BCUT2D eigenvalue weighted by molar-refractivity contribution is 0.415. The molecule has 0 unspecified atom stereocenters. The number of hydrogen-bond acceptors (Lipinski definition) is 4. The fourth-order valence-electron chi connectivity index (χ4n) is 2.87. The Labute approximate surface area is 156 Å². The van der Waals surface area contributed by atoms with Crippen molar-refractivity contribution in [3.8, 4) is 11.4 Å². The molecule has 0 aliphatic heterocycles. The van der Waals surface area contributed by atoms with Crippen molar-refractivity contribution >= 4 is 33.9 Å². The van der Waals surface area contributed by atoms with E-state index in [1.807, 2.05) is 60.2 Å². The molecule has 6 heteroatoms. The third-order valence-corrected chi connectivity index (χ3v) is 4.36. The Bertz CT molecular complexity index is 1090. The van der Waals surface area contributed by atoms with Gasteiger partial charge in [-0.25, -0.2) is 4.98 Å². The molecule has 0 fully saturated rings. The van der Waals surface area contributed by atoms with Crippen molar-refractivity contribution in [1.29, 1.82) is 0 Å². The molecule has 0 radical (unpaired) electrons. The topological polar surface area (TPSA) is 52.0 Å². The zero-order valence-electron chi connectivity index (χ0n) is 14.4. The fraction of sp³-hybridized carbons (Fsp3) is 0.100. The lowest BCUT2D eigenvalue weighted by atomic mass is 10.1. The summed E-state index contributed by atoms with van der Waals surface area (Å²) in [5.74, 6) is 0.762. The predicted molar refractivity (Wildman–Crippen MR) is 105 cm³/mol. The summed E-state index contributed by atoms with van der Waals surface area (Å²) in [6.45, 7) is 1.96. The Kier molecular flexibility index (Phi) is 4.22. The van der Waals surface area contributed by atoms with E-state index in [4.69, 9.17) is 16.3 Å². The maximum Gasteiger partial charge on any atom is 0.123 e. The predicted octanol–water partition coefficient (Wildman–Crippen LogP) is 5.13. The van der Waals surface area contributed by atoms with Gasteiger partial charge in [-0.1, -0.05) is 11.6 Å². The molecule has 5 nitrogen and oxygen atoms in total. The van der Waals surface area contributed by atoms with Crippen LogP contribution in [0.5, 0.6) is 5.75 Å². The highest BCUT2D eigenvalue weighted by Crippen LogP contribution is 2.30. The number of rotatable bonds is 4. The number of ether oxygens (including phenoxy) is 1. The molecule has 2 aromatic carbocycles. The third kappa shape index (κ3) is 3.21. The van der Waals surface area contributed by atoms with E-state index in [-0.39, 0.29) is 0 Å². The van der Waals surface area contributed by atoms with Crippen molar-refractivity contribution in [2.24, 2.45) is 0 Å². The molecule has 1 N–H and O–H groups in total. The molecule has 0 saturated carbocycles. The molecule has 130 valence electrons. The minimum absolute atomic E-state index is 0.668. The Morgan fingerprint density at radius 1 is 1.08 bits per heavy atom. The number of nitrogens with zero attached hydrogens (tertiary/aromatic N) is 3. The van der Waals surface area contributed by atoms with Gasteiger partial charge >= 0.3 is 0 Å². The number of nitrogens with one attached hydrogen (secondary N) is 1. The van der Waals surface area contributed by atoms with Crippen molar-refractivity contribution < 1.29 is 4.74 Å². The lowest BCUT2D eigenvalue weighted by Crippen LogP contribution is -1.97. The van der Waals surface area contributed by atoms with E-state index in [0.29, 0.717) is 5.02 Å². The van der Waals surface area contributed by atoms with Crippen LogP contribution in [0.15, 0.2) is 61.2 Å². The van der Waals surface area contributed by atoms with Crippen LogP contribution in [-0.2, 0) is 0 Å². The van der Waals surface area contributed by atoms with E-state index >= 15 is 0 Å². The number of methoxy groups -OCH3 is 1. The van der Waals surface area contributed by atoms with Gasteiger partial charge in [0.25, 0.3) is 0 Å². The first kappa shape index (κ1) is 16.4. The number of hydrogen-bond donors (Lipinski definition) is 1. The Balaban J connectivity index is 1.77.